The molecule has 3 aromatic rings. The number of carbonyl (C=O) groups is 1. The minimum atomic E-state index is -0.510. The number of halogens is 2. The highest BCUT2D eigenvalue weighted by Gasteiger charge is 2.49. The molecule has 9 heteroatoms. The number of rotatable bonds is 3. The zero-order valence-electron chi connectivity index (χ0n) is 17.4. The first kappa shape index (κ1) is 19.4. The average molecular weight is 451 g/mol. The lowest BCUT2D eigenvalue weighted by Crippen LogP contribution is -2.51. The largest absolute Gasteiger partial charge is 0.289 e. The fourth-order valence-corrected chi connectivity index (χ4v) is 5.16. The molecule has 2 atom stereocenters. The lowest BCUT2D eigenvalue weighted by molar-refractivity contribution is 0.0865. The third-order valence-corrected chi connectivity index (χ3v) is 6.87. The number of benzene rings is 1. The molecule has 7 nitrogen and oxygen atoms in total. The van der Waals surface area contributed by atoms with Crippen molar-refractivity contribution in [2.24, 2.45) is 4.99 Å². The van der Waals surface area contributed by atoms with Crippen LogP contribution in [0, 0.1) is 5.95 Å². The van der Waals surface area contributed by atoms with E-state index in [1.54, 1.807) is 28.8 Å². The first-order valence-electron chi connectivity index (χ1n) is 10.6. The van der Waals surface area contributed by atoms with Gasteiger partial charge in [0, 0.05) is 12.6 Å². The highest BCUT2D eigenvalue weighted by Crippen LogP contribution is 2.42. The molecule has 1 saturated carbocycles. The van der Waals surface area contributed by atoms with E-state index in [0.29, 0.717) is 34.7 Å². The zero-order chi connectivity index (χ0) is 22.0. The summed E-state index contributed by atoms with van der Waals surface area (Å²) in [5.74, 6) is 0.584. The van der Waals surface area contributed by atoms with Gasteiger partial charge in [0.2, 0.25) is 11.9 Å². The second-order valence-corrected chi connectivity index (χ2v) is 8.78. The molecule has 2 aromatic heterocycles. The number of pyridine rings is 1. The summed E-state index contributed by atoms with van der Waals surface area (Å²) in [5.41, 5.74) is 2.79. The number of carbonyl (C=O) groups excluding carboxylic acids is 1. The van der Waals surface area contributed by atoms with Gasteiger partial charge >= 0.3 is 0 Å². The van der Waals surface area contributed by atoms with Crippen molar-refractivity contribution in [1.29, 1.82) is 0 Å². The Balaban J connectivity index is 1.33. The van der Waals surface area contributed by atoms with E-state index in [9.17, 15) is 9.18 Å². The summed E-state index contributed by atoms with van der Waals surface area (Å²) in [7, 11) is 1.74. The third kappa shape index (κ3) is 2.86. The fraction of sp³-hybridized carbons (Fsp3) is 0.304. The van der Waals surface area contributed by atoms with Crippen molar-refractivity contribution in [3.05, 3.63) is 64.7 Å². The van der Waals surface area contributed by atoms with E-state index in [-0.39, 0.29) is 18.0 Å². The first-order chi connectivity index (χ1) is 15.5. The summed E-state index contributed by atoms with van der Waals surface area (Å²) in [4.78, 5) is 25.4. The Kier molecular flexibility index (Phi) is 4.33. The lowest BCUT2D eigenvalue weighted by atomic mass is 10.1. The van der Waals surface area contributed by atoms with Crippen LogP contribution in [0.2, 0.25) is 5.15 Å². The third-order valence-electron chi connectivity index (χ3n) is 6.49. The van der Waals surface area contributed by atoms with Crippen molar-refractivity contribution in [1.82, 2.24) is 19.7 Å². The number of fused-ring (bicyclic) bond motifs is 5. The Hall–Kier alpha value is -3.26. The van der Waals surface area contributed by atoms with Crippen molar-refractivity contribution in [3.63, 3.8) is 0 Å². The molecule has 0 unspecified atom stereocenters. The van der Waals surface area contributed by atoms with Crippen molar-refractivity contribution in [2.75, 3.05) is 11.9 Å². The predicted molar refractivity (Wildman–Crippen MR) is 119 cm³/mol. The van der Waals surface area contributed by atoms with Gasteiger partial charge in [-0.25, -0.2) is 14.7 Å². The zero-order valence-corrected chi connectivity index (χ0v) is 18.1. The van der Waals surface area contributed by atoms with Crippen molar-refractivity contribution < 1.29 is 9.18 Å². The van der Waals surface area contributed by atoms with Gasteiger partial charge in [-0.15, -0.1) is 0 Å². The van der Waals surface area contributed by atoms with Gasteiger partial charge in [-0.05, 0) is 37.0 Å². The van der Waals surface area contributed by atoms with Crippen molar-refractivity contribution in [2.45, 2.75) is 37.9 Å². The lowest BCUT2D eigenvalue weighted by Gasteiger charge is -2.33. The molecule has 0 saturated heterocycles. The van der Waals surface area contributed by atoms with E-state index in [4.69, 9.17) is 21.7 Å². The standard InChI is InChI=1S/C23H20ClFN6O/c1-29-22(32)19-20(24)30(28-21(19)31-17-6-2-5-16(17)27-23(29)31)12-13-8-10-14(11-9-13)15-4-3-7-18(25)26-15/h3-4,7-11,16-17H,2,5-6,12H2,1H3/t16-,17+/m1/s1. The Morgan fingerprint density at radius 3 is 2.75 bits per heavy atom. The van der Waals surface area contributed by atoms with Crippen LogP contribution >= 0.6 is 11.6 Å². The molecular weight excluding hydrogens is 431 g/mol. The first-order valence-corrected chi connectivity index (χ1v) is 11.0. The van der Waals surface area contributed by atoms with Crippen LogP contribution in [0.3, 0.4) is 0 Å². The summed E-state index contributed by atoms with van der Waals surface area (Å²) in [6, 6.07) is 12.8. The smallest absolute Gasteiger partial charge is 0.267 e. The molecule has 0 bridgehead atoms. The maximum absolute atomic E-state index is 13.4. The number of aromatic nitrogens is 3. The van der Waals surface area contributed by atoms with E-state index in [1.807, 2.05) is 24.3 Å². The molecule has 0 N–H and O–H groups in total. The summed E-state index contributed by atoms with van der Waals surface area (Å²) in [6.07, 6.45) is 3.18. The van der Waals surface area contributed by atoms with Crippen LogP contribution in [0.1, 0.15) is 35.2 Å². The molecule has 0 spiro atoms. The molecule has 6 rings (SSSR count). The summed E-state index contributed by atoms with van der Waals surface area (Å²) < 4.78 is 15.1. The number of hydrogen-bond acceptors (Lipinski definition) is 5. The molecule has 3 aliphatic rings. The number of amides is 1. The van der Waals surface area contributed by atoms with E-state index in [2.05, 4.69) is 9.88 Å². The molecule has 1 aliphatic carbocycles. The molecule has 4 heterocycles. The minimum absolute atomic E-state index is 0.182. The van der Waals surface area contributed by atoms with Gasteiger partial charge in [0.05, 0.1) is 24.3 Å². The molecule has 1 fully saturated rings. The second kappa shape index (κ2) is 7.13. The Bertz CT molecular complexity index is 1270. The van der Waals surface area contributed by atoms with Crippen molar-refractivity contribution >= 4 is 29.3 Å². The van der Waals surface area contributed by atoms with E-state index in [0.717, 1.165) is 30.4 Å². The molecule has 2 aliphatic heterocycles. The van der Waals surface area contributed by atoms with Crippen LogP contribution in [0.15, 0.2) is 47.5 Å². The van der Waals surface area contributed by atoms with Gasteiger partial charge in [0.25, 0.3) is 5.91 Å². The minimum Gasteiger partial charge on any atom is -0.289 e. The maximum Gasteiger partial charge on any atom is 0.267 e. The summed E-state index contributed by atoms with van der Waals surface area (Å²) in [5, 5.41) is 5.07. The van der Waals surface area contributed by atoms with Crippen molar-refractivity contribution in [3.8, 4) is 11.3 Å². The molecule has 162 valence electrons. The van der Waals surface area contributed by atoms with Crippen LogP contribution in [-0.2, 0) is 6.54 Å². The predicted octanol–water partition coefficient (Wildman–Crippen LogP) is 3.97. The summed E-state index contributed by atoms with van der Waals surface area (Å²) >= 11 is 6.67. The quantitative estimate of drug-likeness (QED) is 0.566. The van der Waals surface area contributed by atoms with Crippen LogP contribution in [0.5, 0.6) is 0 Å². The van der Waals surface area contributed by atoms with Gasteiger partial charge in [0.1, 0.15) is 10.7 Å². The monoisotopic (exact) mass is 450 g/mol. The van der Waals surface area contributed by atoms with Gasteiger partial charge in [-0.2, -0.15) is 9.49 Å². The number of guanidine groups is 1. The number of hydrogen-bond donors (Lipinski definition) is 0. The Labute approximate surface area is 189 Å². The van der Waals surface area contributed by atoms with Gasteiger partial charge in [-0.3, -0.25) is 14.6 Å². The Morgan fingerprint density at radius 2 is 1.97 bits per heavy atom. The Morgan fingerprint density at radius 1 is 1.16 bits per heavy atom. The molecule has 32 heavy (non-hydrogen) atoms. The number of nitrogens with zero attached hydrogens (tertiary/aromatic N) is 6. The fourth-order valence-electron chi connectivity index (χ4n) is 4.90. The van der Waals surface area contributed by atoms with Crippen LogP contribution in [0.25, 0.3) is 11.3 Å². The molecule has 1 aromatic carbocycles. The highest BCUT2D eigenvalue weighted by molar-refractivity contribution is 6.35. The number of anilines is 1. The van der Waals surface area contributed by atoms with Gasteiger partial charge < -0.3 is 0 Å². The topological polar surface area (TPSA) is 66.6 Å². The van der Waals surface area contributed by atoms with Crippen LogP contribution in [0.4, 0.5) is 10.2 Å². The SMILES string of the molecule is CN1C(=O)c2c(nn(Cc3ccc(-c4cccc(F)n4)cc3)c2Cl)N2C1=N[C@@H]1CCC[C@@H]12. The van der Waals surface area contributed by atoms with E-state index < -0.39 is 5.95 Å². The second-order valence-electron chi connectivity index (χ2n) is 8.42. The summed E-state index contributed by atoms with van der Waals surface area (Å²) in [6.45, 7) is 0.411. The van der Waals surface area contributed by atoms with Gasteiger partial charge in [-0.1, -0.05) is 41.9 Å². The van der Waals surface area contributed by atoms with Crippen LogP contribution in [-0.4, -0.2) is 50.7 Å². The average Bonchev–Trinajstić information content (AvgIpc) is 3.46. The molecule has 1 amide bonds. The molecule has 0 radical (unpaired) electrons. The van der Waals surface area contributed by atoms with E-state index >= 15 is 0 Å². The van der Waals surface area contributed by atoms with E-state index in [1.165, 1.54) is 6.07 Å². The van der Waals surface area contributed by atoms with Crippen LogP contribution < -0.4 is 4.90 Å². The number of aliphatic imine (C=N–C) groups is 1. The van der Waals surface area contributed by atoms with Gasteiger partial charge in [0.15, 0.2) is 5.82 Å². The normalized spacial score (nSPS) is 21.5. The highest BCUT2D eigenvalue weighted by atomic mass is 35.5. The molecular formula is C23H20ClFN6O. The maximum atomic E-state index is 13.4.